The molecule has 0 spiro atoms. The molecule has 3 aliphatic rings. The Morgan fingerprint density at radius 3 is 1.82 bits per heavy atom. The van der Waals surface area contributed by atoms with E-state index in [0.717, 1.165) is 68.2 Å². The average molecular weight is 1650 g/mol. The molecule has 115 heavy (non-hydrogen) atoms. The molecule has 0 radical (unpaired) electrons. The average Bonchev–Trinajstić information content (AvgIpc) is 1.60. The zero-order valence-electron chi connectivity index (χ0n) is 64.9. The molecule has 0 saturated heterocycles. The number of ketones is 2. The van der Waals surface area contributed by atoms with Gasteiger partial charge in [0.2, 0.25) is 17.5 Å². The lowest BCUT2D eigenvalue weighted by Gasteiger charge is -2.27. The maximum Gasteiger partial charge on any atom is 0.425 e. The van der Waals surface area contributed by atoms with Gasteiger partial charge in [-0.05, 0) is 162 Å². The minimum absolute atomic E-state index is 0.0219. The van der Waals surface area contributed by atoms with Crippen molar-refractivity contribution >= 4 is 101 Å². The summed E-state index contributed by atoms with van der Waals surface area (Å²) in [4.78, 5) is 122. The van der Waals surface area contributed by atoms with Gasteiger partial charge in [0.05, 0.1) is 23.0 Å². The van der Waals surface area contributed by atoms with E-state index in [1.54, 1.807) is 84.9 Å². The number of anilines is 1. The molecule has 0 aromatic heterocycles. The third-order valence-electron chi connectivity index (χ3n) is 19.9. The van der Waals surface area contributed by atoms with Crippen molar-refractivity contribution < 1.29 is 111 Å². The second kappa shape index (κ2) is 44.7. The Kier molecular flexibility index (Phi) is 36.1. The molecule has 0 unspecified atom stereocenters. The number of rotatable bonds is 42. The van der Waals surface area contributed by atoms with Crippen LogP contribution in [0.15, 0.2) is 174 Å². The van der Waals surface area contributed by atoms with Crippen molar-refractivity contribution in [1.82, 2.24) is 21.3 Å². The standard InChI is InChI=1S/C82H100N6O18S2.CO2.O3S/c1-55-33-42-70-65(50-55)82(4,5)73(88(70)47-17-19-49-108(103,104)105)44-37-60-27-20-26-59(36-43-72-81(2,3)64-28-12-13-29-69(64)87(72)46-16-18-48-107(100,101)102)76(60)106-63-39-34-58(35-40-63)53-68(79(97)98)84-74(91)31-15-14-30-71(90)67(52-57-24-10-7-11-25-57)85-77(94)61(51-56-22-8-6-9-23-56)54-62(89)38-41-66(78(95)96)86-80(99)83-45-21-32-75(92)93;2-1-3;1-4(2)3/h6-13,22-25,28-29,33-37,39-40,42-44,50,61,66-68H,14-21,26-27,30-32,38,41,45-49,51-54H2,1-5H3,(H8-,83,84,85,86,91,92,93,94,95,96,97,98,99,100,101,102,103,104,105);;/p+1/t61-,66+,67+,68+;;/m1../s1. The molecular weight excluding hydrogens is 1550 g/mol. The van der Waals surface area contributed by atoms with Crippen molar-refractivity contribution in [3.05, 3.63) is 208 Å². The highest BCUT2D eigenvalue weighted by atomic mass is 32.2. The van der Waals surface area contributed by atoms with Crippen LogP contribution in [0.4, 0.5) is 16.2 Å². The van der Waals surface area contributed by atoms with Crippen LogP contribution in [-0.4, -0.2) is 167 Å². The number of aliphatic carboxylic acids is 3. The summed E-state index contributed by atoms with van der Waals surface area (Å²) in [7, 11) is -11.4. The third-order valence-corrected chi connectivity index (χ3v) is 21.5. The molecule has 5 aromatic rings. The number of unbranched alkanes of at least 4 members (excludes halogenated alkanes) is 3. The summed E-state index contributed by atoms with van der Waals surface area (Å²) in [6, 6.07) is 34.6. The molecule has 2 aliphatic heterocycles. The number of benzene rings is 5. The number of fused-ring (bicyclic) bond motifs is 2. The van der Waals surface area contributed by atoms with Gasteiger partial charge >= 0.3 is 40.7 Å². The number of nitrogens with zero attached hydrogens (tertiary/aromatic N) is 2. The van der Waals surface area contributed by atoms with E-state index in [1.807, 2.05) is 31.2 Å². The van der Waals surface area contributed by atoms with Gasteiger partial charge < -0.3 is 46.2 Å². The number of urea groups is 1. The first-order valence-corrected chi connectivity index (χ1v) is 42.0. The Morgan fingerprint density at radius 1 is 0.617 bits per heavy atom. The normalized spacial score (nSPS) is 15.8. The fraction of sp³-hybridized carbons (Fsp3) is 0.422. The van der Waals surface area contributed by atoms with Gasteiger partial charge in [-0.1, -0.05) is 129 Å². The fourth-order valence-electron chi connectivity index (χ4n) is 14.1. The zero-order valence-corrected chi connectivity index (χ0v) is 67.4. The number of allylic oxidation sites excluding steroid dienone is 7. The fourth-order valence-corrected chi connectivity index (χ4v) is 15.3. The summed E-state index contributed by atoms with van der Waals surface area (Å²) < 4.78 is 101. The van der Waals surface area contributed by atoms with Crippen LogP contribution in [0.25, 0.3) is 0 Å². The number of carboxylic acid groups (broad SMARTS) is 3. The summed E-state index contributed by atoms with van der Waals surface area (Å²) in [6.45, 7) is 11.6. The van der Waals surface area contributed by atoms with Crippen molar-refractivity contribution in [3.63, 3.8) is 0 Å². The maximum atomic E-state index is 14.3. The predicted octanol–water partition coefficient (Wildman–Crippen LogP) is 9.99. The van der Waals surface area contributed by atoms with E-state index < -0.39 is 107 Å². The van der Waals surface area contributed by atoms with Gasteiger partial charge in [-0.25, -0.2) is 14.4 Å². The molecule has 618 valence electrons. The first-order valence-electron chi connectivity index (χ1n) is 37.7. The summed E-state index contributed by atoms with van der Waals surface area (Å²) in [6.07, 6.45) is 11.5. The number of carbonyl (C=O) groups excluding carboxylic acids is 7. The van der Waals surface area contributed by atoms with Crippen molar-refractivity contribution in [2.45, 2.75) is 186 Å². The largest absolute Gasteiger partial charge is 0.481 e. The lowest BCUT2D eigenvalue weighted by Crippen LogP contribution is -2.47. The van der Waals surface area contributed by atoms with Gasteiger partial charge in [0, 0.05) is 98.5 Å². The predicted molar refractivity (Wildman–Crippen MR) is 426 cm³/mol. The summed E-state index contributed by atoms with van der Waals surface area (Å²) in [5, 5.41) is 39.4. The number of hydrogen-bond acceptors (Lipinski definition) is 19. The van der Waals surface area contributed by atoms with Crippen LogP contribution in [0.2, 0.25) is 0 Å². The second-order valence-electron chi connectivity index (χ2n) is 29.3. The topological polar surface area (TPSA) is 455 Å². The van der Waals surface area contributed by atoms with Crippen LogP contribution in [-0.2, 0) is 104 Å². The van der Waals surface area contributed by atoms with Gasteiger partial charge in [-0.2, -0.15) is 31.0 Å². The van der Waals surface area contributed by atoms with Gasteiger partial charge in [-0.3, -0.25) is 33.1 Å². The van der Waals surface area contributed by atoms with Gasteiger partial charge in [0.15, 0.2) is 11.5 Å². The van der Waals surface area contributed by atoms with E-state index in [0.29, 0.717) is 55.8 Å². The first kappa shape index (κ1) is 93.0. The summed E-state index contributed by atoms with van der Waals surface area (Å²) in [5.41, 5.74) is 10.2. The molecular formula is C83H101N6O23S3+. The number of amides is 4. The number of aryl methyl sites for hydroxylation is 1. The van der Waals surface area contributed by atoms with Crippen LogP contribution in [0.1, 0.15) is 164 Å². The lowest BCUT2D eigenvalue weighted by molar-refractivity contribution is -0.438. The molecule has 8 rings (SSSR count). The number of nitrogens with one attached hydrogen (secondary N) is 4. The Labute approximate surface area is 671 Å². The minimum atomic E-state index is -4.15. The van der Waals surface area contributed by atoms with E-state index in [2.05, 4.69) is 101 Å². The second-order valence-corrected chi connectivity index (χ2v) is 32.9. The van der Waals surface area contributed by atoms with Crippen molar-refractivity contribution in [2.24, 2.45) is 5.92 Å². The van der Waals surface area contributed by atoms with Crippen molar-refractivity contribution in [1.29, 1.82) is 0 Å². The monoisotopic (exact) mass is 1650 g/mol. The number of ether oxygens (including phenoxy) is 1. The van der Waals surface area contributed by atoms with E-state index in [-0.39, 0.29) is 120 Å². The van der Waals surface area contributed by atoms with Crippen molar-refractivity contribution in [2.75, 3.05) is 36.0 Å². The highest BCUT2D eigenvalue weighted by Gasteiger charge is 2.45. The van der Waals surface area contributed by atoms with E-state index >= 15 is 0 Å². The van der Waals surface area contributed by atoms with E-state index in [9.17, 15) is 74.5 Å². The number of carboxylic acids is 3. The molecule has 1 aliphatic carbocycles. The Bertz CT molecular complexity index is 4840. The molecule has 5 aromatic carbocycles. The van der Waals surface area contributed by atoms with Crippen LogP contribution in [0.3, 0.4) is 0 Å². The number of hydrogen-bond donors (Lipinski definition) is 9. The minimum Gasteiger partial charge on any atom is -0.481 e. The summed E-state index contributed by atoms with van der Waals surface area (Å²) >= 11 is 0. The van der Waals surface area contributed by atoms with Gasteiger partial charge in [0.1, 0.15) is 35.9 Å². The SMILES string of the molecule is Cc1ccc2c(c1)C(C)(C)/C(=C\C=C1/CCCC(/C=C/C3=[N+](CCCCS(=O)(=O)O)c4ccccc4C3(C)C)=C1Oc1ccc(C[C@H](NC(=O)CCCCC(=O)[C@H](Cc3ccccc3)NC(=O)[C@@H](CC(=O)CC[C@H](NC(=O)NCCCC(=O)O)C(=O)O)Cc3ccccc3)C(=O)O)cc1)N2CCCCS(=O)(=O)O.O=C=O.O=S(=O)=O. The van der Waals surface area contributed by atoms with E-state index in [4.69, 9.17) is 32.1 Å². The molecule has 0 saturated carbocycles. The highest BCUT2D eigenvalue weighted by Crippen LogP contribution is 2.49. The van der Waals surface area contributed by atoms with Crippen LogP contribution in [0, 0.1) is 12.8 Å². The summed E-state index contributed by atoms with van der Waals surface area (Å²) in [5.74, 6) is -6.30. The molecule has 4 atom stereocenters. The van der Waals surface area contributed by atoms with E-state index in [1.165, 1.54) is 0 Å². The van der Waals surface area contributed by atoms with Crippen molar-refractivity contribution in [3.8, 4) is 5.75 Å². The first-order chi connectivity index (χ1) is 54.4. The third kappa shape index (κ3) is 30.4. The molecule has 0 bridgehead atoms. The highest BCUT2D eigenvalue weighted by molar-refractivity contribution is 7.86. The van der Waals surface area contributed by atoms with Crippen LogP contribution < -0.4 is 30.9 Å². The molecule has 9 N–H and O–H groups in total. The maximum absolute atomic E-state index is 14.3. The number of para-hydroxylation sites is 1. The van der Waals surface area contributed by atoms with Crippen LogP contribution >= 0.6 is 0 Å². The molecule has 0 fully saturated rings. The molecule has 29 nitrogen and oxygen atoms in total. The smallest absolute Gasteiger partial charge is 0.425 e. The Hall–Kier alpha value is -10.9. The number of Topliss-reactive ketones (excluding diaryl/α,β-unsaturated/α-hetero) is 2. The number of carbonyl (C=O) groups is 8. The molecule has 32 heteroatoms. The molecule has 4 amide bonds. The van der Waals surface area contributed by atoms with Gasteiger partial charge in [-0.15, -0.1) is 12.6 Å². The quantitative estimate of drug-likeness (QED) is 0.00996. The lowest BCUT2D eigenvalue weighted by atomic mass is 9.81. The zero-order chi connectivity index (χ0) is 84.6. The van der Waals surface area contributed by atoms with Gasteiger partial charge in [0.25, 0.3) is 20.2 Å². The Balaban J connectivity index is 0.00000282. The Morgan fingerprint density at radius 2 is 1.20 bits per heavy atom. The van der Waals surface area contributed by atoms with Crippen LogP contribution in [0.5, 0.6) is 5.75 Å². The molecule has 2 heterocycles.